The van der Waals surface area contributed by atoms with Crippen LogP contribution in [0.1, 0.15) is 0 Å². The molecule has 0 fully saturated rings. The van der Waals surface area contributed by atoms with Crippen molar-refractivity contribution in [1.29, 1.82) is 10.5 Å². The van der Waals surface area contributed by atoms with E-state index in [4.69, 9.17) is 21.6 Å². The van der Waals surface area contributed by atoms with E-state index in [1.807, 2.05) is 11.5 Å². The van der Waals surface area contributed by atoms with Crippen LogP contribution in [0.2, 0.25) is 5.02 Å². The standard InChI is InChI=1S/C18H13ClN4O2S/c1-25-17-7-4-14(8-16(17)19)23-18(24)12(9-20)10-22-13-2-5-15(6-3-13)26-11-21/h2-8,10,22H,1H3,(H,23,24)/b12-10-. The summed E-state index contributed by atoms with van der Waals surface area (Å²) in [4.78, 5) is 13.0. The molecule has 26 heavy (non-hydrogen) atoms. The topological polar surface area (TPSA) is 97.9 Å². The Balaban J connectivity index is 2.06. The summed E-state index contributed by atoms with van der Waals surface area (Å²) in [6.07, 6.45) is 1.31. The Kier molecular flexibility index (Phi) is 6.92. The van der Waals surface area contributed by atoms with Crippen LogP contribution in [0, 0.1) is 22.0 Å². The first-order valence-corrected chi connectivity index (χ1v) is 8.44. The number of rotatable bonds is 6. The fourth-order valence-electron chi connectivity index (χ4n) is 1.92. The summed E-state index contributed by atoms with van der Waals surface area (Å²) in [5.41, 5.74) is 1.02. The average Bonchev–Trinajstić information content (AvgIpc) is 2.64. The second kappa shape index (κ2) is 9.38. The lowest BCUT2D eigenvalue weighted by molar-refractivity contribution is -0.112. The molecule has 0 aliphatic carbocycles. The second-order valence-corrected chi connectivity index (χ2v) is 6.10. The number of thioether (sulfide) groups is 1. The summed E-state index contributed by atoms with van der Waals surface area (Å²) in [6.45, 7) is 0. The van der Waals surface area contributed by atoms with Crippen molar-refractivity contribution in [3.8, 4) is 17.2 Å². The van der Waals surface area contributed by atoms with Crippen molar-refractivity contribution in [2.45, 2.75) is 4.90 Å². The molecule has 0 atom stereocenters. The lowest BCUT2D eigenvalue weighted by Gasteiger charge is -2.08. The fourth-order valence-corrected chi connectivity index (χ4v) is 2.55. The van der Waals surface area contributed by atoms with Gasteiger partial charge in [0.2, 0.25) is 0 Å². The third-order valence-corrected chi connectivity index (χ3v) is 4.07. The lowest BCUT2D eigenvalue weighted by atomic mass is 10.2. The summed E-state index contributed by atoms with van der Waals surface area (Å²) < 4.78 is 5.05. The van der Waals surface area contributed by atoms with Gasteiger partial charge < -0.3 is 15.4 Å². The predicted octanol–water partition coefficient (Wildman–Crippen LogP) is 4.38. The maximum absolute atomic E-state index is 12.2. The van der Waals surface area contributed by atoms with Gasteiger partial charge >= 0.3 is 0 Å². The molecule has 0 saturated heterocycles. The molecule has 0 radical (unpaired) electrons. The normalized spacial score (nSPS) is 10.4. The molecule has 2 aromatic rings. The van der Waals surface area contributed by atoms with Gasteiger partial charge in [-0.25, -0.2) is 0 Å². The average molecular weight is 385 g/mol. The number of hydrogen-bond acceptors (Lipinski definition) is 6. The van der Waals surface area contributed by atoms with Crippen LogP contribution in [0.5, 0.6) is 5.75 Å². The molecule has 0 spiro atoms. The Hall–Kier alpha value is -3.13. The third kappa shape index (κ3) is 5.18. The number of ether oxygens (including phenoxy) is 1. The molecule has 0 saturated carbocycles. The van der Waals surface area contributed by atoms with Gasteiger partial charge in [-0.3, -0.25) is 4.79 Å². The SMILES string of the molecule is COc1ccc(NC(=O)/C(C#N)=C\Nc2ccc(SC#N)cc2)cc1Cl. The largest absolute Gasteiger partial charge is 0.495 e. The van der Waals surface area contributed by atoms with Gasteiger partial charge in [0.05, 0.1) is 12.1 Å². The smallest absolute Gasteiger partial charge is 0.267 e. The Morgan fingerprint density at radius 3 is 2.46 bits per heavy atom. The molecule has 0 aliphatic heterocycles. The number of nitrogens with zero attached hydrogens (tertiary/aromatic N) is 2. The molecule has 1 amide bonds. The van der Waals surface area contributed by atoms with Crippen molar-refractivity contribution >= 4 is 40.6 Å². The molecule has 0 unspecified atom stereocenters. The molecule has 0 bridgehead atoms. The van der Waals surface area contributed by atoms with E-state index in [1.54, 1.807) is 36.4 Å². The maximum atomic E-state index is 12.2. The molecule has 6 nitrogen and oxygen atoms in total. The molecule has 0 aliphatic rings. The predicted molar refractivity (Wildman–Crippen MR) is 102 cm³/mol. The monoisotopic (exact) mass is 384 g/mol. The van der Waals surface area contributed by atoms with Gasteiger partial charge in [-0.15, -0.1) is 0 Å². The third-order valence-electron chi connectivity index (χ3n) is 3.18. The maximum Gasteiger partial charge on any atom is 0.267 e. The second-order valence-electron chi connectivity index (χ2n) is 4.84. The summed E-state index contributed by atoms with van der Waals surface area (Å²) in [6, 6.07) is 13.6. The quantitative estimate of drug-likeness (QED) is 0.332. The van der Waals surface area contributed by atoms with Crippen LogP contribution < -0.4 is 15.4 Å². The first kappa shape index (κ1) is 19.2. The van der Waals surface area contributed by atoms with Crippen molar-refractivity contribution < 1.29 is 9.53 Å². The van der Waals surface area contributed by atoms with Crippen molar-refractivity contribution in [3.05, 3.63) is 59.3 Å². The molecular weight excluding hydrogens is 372 g/mol. The summed E-state index contributed by atoms with van der Waals surface area (Å²) >= 11 is 7.06. The van der Waals surface area contributed by atoms with Crippen LogP contribution in [-0.4, -0.2) is 13.0 Å². The zero-order valence-corrected chi connectivity index (χ0v) is 15.2. The van der Waals surface area contributed by atoms with E-state index in [1.165, 1.54) is 19.4 Å². The molecular formula is C18H13ClN4O2S. The van der Waals surface area contributed by atoms with Gasteiger partial charge in [0, 0.05) is 22.5 Å². The highest BCUT2D eigenvalue weighted by Gasteiger charge is 2.10. The van der Waals surface area contributed by atoms with E-state index in [2.05, 4.69) is 10.6 Å². The fraction of sp³-hybridized carbons (Fsp3) is 0.0556. The van der Waals surface area contributed by atoms with E-state index in [0.717, 1.165) is 16.7 Å². The Bertz CT molecular complexity index is 914. The number of amides is 1. The van der Waals surface area contributed by atoms with Crippen molar-refractivity contribution in [2.75, 3.05) is 17.7 Å². The molecule has 2 aromatic carbocycles. The van der Waals surface area contributed by atoms with Gasteiger partial charge in [-0.1, -0.05) is 11.6 Å². The number of methoxy groups -OCH3 is 1. The minimum absolute atomic E-state index is 0.104. The summed E-state index contributed by atoms with van der Waals surface area (Å²) in [7, 11) is 1.49. The van der Waals surface area contributed by atoms with Crippen LogP contribution in [0.15, 0.2) is 59.1 Å². The molecule has 2 rings (SSSR count). The van der Waals surface area contributed by atoms with Crippen molar-refractivity contribution in [3.63, 3.8) is 0 Å². The highest BCUT2D eigenvalue weighted by molar-refractivity contribution is 8.03. The zero-order valence-electron chi connectivity index (χ0n) is 13.6. The number of nitrogens with one attached hydrogen (secondary N) is 2. The van der Waals surface area contributed by atoms with Gasteiger partial charge in [-0.05, 0) is 54.2 Å². The molecule has 8 heteroatoms. The van der Waals surface area contributed by atoms with E-state index < -0.39 is 5.91 Å². The number of nitriles is 2. The summed E-state index contributed by atoms with van der Waals surface area (Å²) in [5, 5.41) is 25.6. The highest BCUT2D eigenvalue weighted by atomic mass is 35.5. The molecule has 130 valence electrons. The van der Waals surface area contributed by atoms with Crippen LogP contribution in [0.25, 0.3) is 0 Å². The first-order valence-electron chi connectivity index (χ1n) is 7.25. The van der Waals surface area contributed by atoms with Crippen LogP contribution in [0.4, 0.5) is 11.4 Å². The van der Waals surface area contributed by atoms with Gasteiger partial charge in [0.1, 0.15) is 22.8 Å². The van der Waals surface area contributed by atoms with Crippen LogP contribution in [-0.2, 0) is 4.79 Å². The van der Waals surface area contributed by atoms with Gasteiger partial charge in [0.25, 0.3) is 5.91 Å². The minimum Gasteiger partial charge on any atom is -0.495 e. The number of carbonyl (C=O) groups is 1. The minimum atomic E-state index is -0.571. The van der Waals surface area contributed by atoms with Crippen molar-refractivity contribution in [1.82, 2.24) is 0 Å². The van der Waals surface area contributed by atoms with E-state index >= 15 is 0 Å². The molecule has 0 aromatic heterocycles. The Labute approximate surface area is 160 Å². The van der Waals surface area contributed by atoms with Gasteiger partial charge in [-0.2, -0.15) is 10.5 Å². The van der Waals surface area contributed by atoms with E-state index in [9.17, 15) is 10.1 Å². The van der Waals surface area contributed by atoms with Crippen LogP contribution in [0.3, 0.4) is 0 Å². The first-order chi connectivity index (χ1) is 12.6. The number of benzene rings is 2. The van der Waals surface area contributed by atoms with Crippen molar-refractivity contribution in [2.24, 2.45) is 0 Å². The van der Waals surface area contributed by atoms with E-state index in [-0.39, 0.29) is 5.57 Å². The number of anilines is 2. The van der Waals surface area contributed by atoms with E-state index in [0.29, 0.717) is 22.1 Å². The van der Waals surface area contributed by atoms with Crippen LogP contribution >= 0.6 is 23.4 Å². The molecule has 0 heterocycles. The Morgan fingerprint density at radius 2 is 1.88 bits per heavy atom. The number of halogens is 1. The highest BCUT2D eigenvalue weighted by Crippen LogP contribution is 2.27. The summed E-state index contributed by atoms with van der Waals surface area (Å²) in [5.74, 6) is -0.0849. The zero-order chi connectivity index (χ0) is 18.9. The molecule has 2 N–H and O–H groups in total. The number of hydrogen-bond donors (Lipinski definition) is 2. The number of thiocyanates is 1. The number of carbonyl (C=O) groups excluding carboxylic acids is 1. The lowest BCUT2D eigenvalue weighted by Crippen LogP contribution is -2.14. The van der Waals surface area contributed by atoms with Gasteiger partial charge in [0.15, 0.2) is 0 Å². The Morgan fingerprint density at radius 1 is 1.19 bits per heavy atom.